The van der Waals surface area contributed by atoms with Crippen molar-refractivity contribution >= 4 is 10.9 Å². The highest BCUT2D eigenvalue weighted by Gasteiger charge is 2.31. The van der Waals surface area contributed by atoms with E-state index in [1.807, 2.05) is 68.4 Å². The molecule has 0 aliphatic carbocycles. The molecule has 27 heavy (non-hydrogen) atoms. The van der Waals surface area contributed by atoms with Crippen LogP contribution in [0.4, 0.5) is 0 Å². The molecule has 1 aliphatic heterocycles. The first-order valence-electron chi connectivity index (χ1n) is 9.18. The van der Waals surface area contributed by atoms with Gasteiger partial charge in [-0.1, -0.05) is 24.3 Å². The number of hydrogen-bond acceptors (Lipinski definition) is 5. The van der Waals surface area contributed by atoms with Gasteiger partial charge in [-0.3, -0.25) is 0 Å². The second kappa shape index (κ2) is 7.55. The van der Waals surface area contributed by atoms with Gasteiger partial charge in [0.15, 0.2) is 0 Å². The average Bonchev–Trinajstić information content (AvgIpc) is 2.68. The predicted octanol–water partition coefficient (Wildman–Crippen LogP) is 4.03. The molecule has 0 spiro atoms. The molecule has 1 aromatic heterocycles. The third kappa shape index (κ3) is 3.89. The van der Waals surface area contributed by atoms with E-state index in [4.69, 9.17) is 14.2 Å². The number of benzene rings is 2. The van der Waals surface area contributed by atoms with Crippen molar-refractivity contribution in [2.45, 2.75) is 38.8 Å². The summed E-state index contributed by atoms with van der Waals surface area (Å²) in [7, 11) is 0. The van der Waals surface area contributed by atoms with Crippen molar-refractivity contribution in [3.05, 3.63) is 65.9 Å². The lowest BCUT2D eigenvalue weighted by molar-refractivity contribution is -0.0949. The van der Waals surface area contributed by atoms with Crippen LogP contribution >= 0.6 is 0 Å². The van der Waals surface area contributed by atoms with E-state index in [1.54, 1.807) is 0 Å². The minimum atomic E-state index is -0.738. The molecule has 2 aromatic carbocycles. The summed E-state index contributed by atoms with van der Waals surface area (Å²) >= 11 is 0. The molecule has 2 heterocycles. The Labute approximate surface area is 158 Å². The Balaban J connectivity index is 1.49. The summed E-state index contributed by atoms with van der Waals surface area (Å²) in [5.41, 5.74) is 2.49. The smallest absolute Gasteiger partial charge is 0.130 e. The molecular formula is C22H23NO4. The van der Waals surface area contributed by atoms with E-state index in [-0.39, 0.29) is 12.2 Å². The summed E-state index contributed by atoms with van der Waals surface area (Å²) in [6, 6.07) is 17.5. The van der Waals surface area contributed by atoms with Gasteiger partial charge >= 0.3 is 0 Å². The summed E-state index contributed by atoms with van der Waals surface area (Å²) in [5, 5.41) is 11.7. The third-order valence-corrected chi connectivity index (χ3v) is 4.54. The van der Waals surface area contributed by atoms with Gasteiger partial charge in [-0.15, -0.1) is 0 Å². The zero-order chi connectivity index (χ0) is 18.8. The first-order chi connectivity index (χ1) is 13.1. The van der Waals surface area contributed by atoms with Crippen LogP contribution in [0.2, 0.25) is 0 Å². The molecule has 140 valence electrons. The molecular weight excluding hydrogens is 342 g/mol. The summed E-state index contributed by atoms with van der Waals surface area (Å²) in [5.74, 6) is 1.33. The summed E-state index contributed by atoms with van der Waals surface area (Å²) in [6.45, 7) is 4.58. The van der Waals surface area contributed by atoms with Gasteiger partial charge in [0, 0.05) is 10.9 Å². The van der Waals surface area contributed by atoms with Gasteiger partial charge in [-0.05, 0) is 44.2 Å². The van der Waals surface area contributed by atoms with Gasteiger partial charge in [0.1, 0.15) is 36.9 Å². The lowest BCUT2D eigenvalue weighted by Gasteiger charge is -2.31. The quantitative estimate of drug-likeness (QED) is 0.740. The monoisotopic (exact) mass is 365 g/mol. The minimum absolute atomic E-state index is 0.0215. The second-order valence-corrected chi connectivity index (χ2v) is 6.96. The van der Waals surface area contributed by atoms with Crippen molar-refractivity contribution in [2.75, 3.05) is 6.61 Å². The zero-order valence-electron chi connectivity index (χ0n) is 15.5. The highest BCUT2D eigenvalue weighted by Crippen LogP contribution is 2.36. The Hall–Kier alpha value is -2.63. The van der Waals surface area contributed by atoms with Crippen LogP contribution in [-0.2, 0) is 11.3 Å². The minimum Gasteiger partial charge on any atom is -0.490 e. The first-order valence-corrected chi connectivity index (χ1v) is 9.18. The fourth-order valence-electron chi connectivity index (χ4n) is 3.25. The molecule has 0 radical (unpaired) electrons. The van der Waals surface area contributed by atoms with Crippen molar-refractivity contribution in [3.63, 3.8) is 0 Å². The van der Waals surface area contributed by atoms with Gasteiger partial charge in [-0.25, -0.2) is 4.98 Å². The molecule has 0 bridgehead atoms. The van der Waals surface area contributed by atoms with Gasteiger partial charge in [0.2, 0.25) is 0 Å². The van der Waals surface area contributed by atoms with Crippen LogP contribution in [0.25, 0.3) is 10.9 Å². The van der Waals surface area contributed by atoms with Crippen LogP contribution in [0.3, 0.4) is 0 Å². The molecule has 0 saturated carbocycles. The number of nitrogens with zero attached hydrogens (tertiary/aromatic N) is 1. The summed E-state index contributed by atoms with van der Waals surface area (Å²) in [6.07, 6.45) is -1.10. The zero-order valence-corrected chi connectivity index (χ0v) is 15.5. The SMILES string of the molecule is CC(C)OC1COc2ccc(OCc3ccc4ccccc4n3)cc2C1O. The molecule has 2 atom stereocenters. The lowest BCUT2D eigenvalue weighted by Crippen LogP contribution is -2.35. The number of aromatic nitrogens is 1. The van der Waals surface area contributed by atoms with Crippen molar-refractivity contribution in [1.29, 1.82) is 0 Å². The van der Waals surface area contributed by atoms with E-state index in [0.29, 0.717) is 30.3 Å². The topological polar surface area (TPSA) is 60.8 Å². The number of pyridine rings is 1. The molecule has 5 heteroatoms. The molecule has 4 rings (SSSR count). The first kappa shape index (κ1) is 17.8. The maximum atomic E-state index is 10.6. The maximum Gasteiger partial charge on any atom is 0.130 e. The number of aliphatic hydroxyl groups is 1. The lowest BCUT2D eigenvalue weighted by atomic mass is 10.0. The molecule has 0 saturated heterocycles. The van der Waals surface area contributed by atoms with E-state index >= 15 is 0 Å². The Morgan fingerprint density at radius 3 is 2.85 bits per heavy atom. The standard InChI is InChI=1S/C22H23NO4/c1-14(2)27-21-13-26-20-10-9-17(11-18(20)22(21)24)25-12-16-8-7-15-5-3-4-6-19(15)23-16/h3-11,14,21-22,24H,12-13H2,1-2H3. The number of aliphatic hydroxyl groups excluding tert-OH is 1. The van der Waals surface area contributed by atoms with E-state index in [2.05, 4.69) is 4.98 Å². The van der Waals surface area contributed by atoms with Crippen molar-refractivity contribution in [3.8, 4) is 11.5 Å². The number of rotatable bonds is 5. The van der Waals surface area contributed by atoms with Gasteiger partial charge in [0.05, 0.1) is 17.3 Å². The fourth-order valence-corrected chi connectivity index (χ4v) is 3.25. The molecule has 0 amide bonds. The van der Waals surface area contributed by atoms with E-state index in [0.717, 1.165) is 16.6 Å². The molecule has 1 aliphatic rings. The van der Waals surface area contributed by atoms with Crippen LogP contribution in [0, 0.1) is 0 Å². The van der Waals surface area contributed by atoms with Gasteiger partial charge in [-0.2, -0.15) is 0 Å². The molecule has 5 nitrogen and oxygen atoms in total. The Bertz CT molecular complexity index is 940. The van der Waals surface area contributed by atoms with E-state index in [1.165, 1.54) is 0 Å². The molecule has 2 unspecified atom stereocenters. The Kier molecular flexibility index (Phi) is 4.97. The summed E-state index contributed by atoms with van der Waals surface area (Å²) < 4.78 is 17.4. The molecule has 3 aromatic rings. The fraction of sp³-hybridized carbons (Fsp3) is 0.318. The Morgan fingerprint density at radius 1 is 1.15 bits per heavy atom. The van der Waals surface area contributed by atoms with E-state index < -0.39 is 6.10 Å². The van der Waals surface area contributed by atoms with Crippen molar-refractivity contribution < 1.29 is 19.3 Å². The second-order valence-electron chi connectivity index (χ2n) is 6.96. The number of fused-ring (bicyclic) bond motifs is 2. The van der Waals surface area contributed by atoms with Crippen LogP contribution in [0.1, 0.15) is 31.2 Å². The predicted molar refractivity (Wildman–Crippen MR) is 103 cm³/mol. The maximum absolute atomic E-state index is 10.6. The largest absolute Gasteiger partial charge is 0.490 e. The van der Waals surface area contributed by atoms with Crippen LogP contribution in [-0.4, -0.2) is 28.9 Å². The van der Waals surface area contributed by atoms with Gasteiger partial charge < -0.3 is 19.3 Å². The number of hydrogen-bond donors (Lipinski definition) is 1. The number of para-hydroxylation sites is 1. The van der Waals surface area contributed by atoms with Crippen LogP contribution in [0.15, 0.2) is 54.6 Å². The van der Waals surface area contributed by atoms with E-state index in [9.17, 15) is 5.11 Å². The molecule has 0 fully saturated rings. The third-order valence-electron chi connectivity index (χ3n) is 4.54. The highest BCUT2D eigenvalue weighted by atomic mass is 16.6. The van der Waals surface area contributed by atoms with Crippen molar-refractivity contribution in [2.24, 2.45) is 0 Å². The normalized spacial score (nSPS) is 19.0. The van der Waals surface area contributed by atoms with Gasteiger partial charge in [0.25, 0.3) is 0 Å². The average molecular weight is 365 g/mol. The van der Waals surface area contributed by atoms with Crippen LogP contribution in [0.5, 0.6) is 11.5 Å². The molecule has 1 N–H and O–H groups in total. The van der Waals surface area contributed by atoms with Crippen LogP contribution < -0.4 is 9.47 Å². The Morgan fingerprint density at radius 2 is 2.00 bits per heavy atom. The van der Waals surface area contributed by atoms with Crippen molar-refractivity contribution in [1.82, 2.24) is 4.98 Å². The summed E-state index contributed by atoms with van der Waals surface area (Å²) in [4.78, 5) is 4.62. The highest BCUT2D eigenvalue weighted by molar-refractivity contribution is 5.78. The number of ether oxygens (including phenoxy) is 3.